The lowest BCUT2D eigenvalue weighted by molar-refractivity contribution is -0.305. The molecule has 0 unspecified atom stereocenters. The van der Waals surface area contributed by atoms with Crippen molar-refractivity contribution in [2.75, 3.05) is 5.43 Å². The van der Waals surface area contributed by atoms with Gasteiger partial charge in [-0.3, -0.25) is 10.4 Å². The quantitative estimate of drug-likeness (QED) is 0.441. The molecule has 1 aromatic heterocycles. The maximum atomic E-state index is 10.5. The van der Waals surface area contributed by atoms with Crippen LogP contribution in [0.3, 0.4) is 0 Å². The van der Waals surface area contributed by atoms with E-state index in [0.717, 1.165) is 5.69 Å². The average Bonchev–Trinajstić information content (AvgIpc) is 2.57. The van der Waals surface area contributed by atoms with Crippen LogP contribution in [0, 0.1) is 0 Å². The van der Waals surface area contributed by atoms with E-state index in [0.29, 0.717) is 40.7 Å². The van der Waals surface area contributed by atoms with Crippen molar-refractivity contribution in [3.8, 4) is 0 Å². The lowest BCUT2D eigenvalue weighted by atomic mass is 10.1. The van der Waals surface area contributed by atoms with E-state index in [-0.39, 0.29) is 6.42 Å². The maximum Gasteiger partial charge on any atom is 0.0863 e. The number of nitrogens with zero attached hydrogens (tertiary/aromatic N) is 2. The van der Waals surface area contributed by atoms with E-state index in [2.05, 4.69) is 15.5 Å². The Hall–Kier alpha value is -2.11. The van der Waals surface area contributed by atoms with Gasteiger partial charge in [0.15, 0.2) is 0 Å². The Kier molecular flexibility index (Phi) is 7.03. The molecule has 0 amide bonds. The Morgan fingerprint density at radius 2 is 1.96 bits per heavy atom. The van der Waals surface area contributed by atoms with Crippen molar-refractivity contribution in [1.29, 1.82) is 0 Å². The van der Waals surface area contributed by atoms with E-state index >= 15 is 0 Å². The third-order valence-electron chi connectivity index (χ3n) is 3.24. The summed E-state index contributed by atoms with van der Waals surface area (Å²) in [4.78, 5) is 14.8. The second kappa shape index (κ2) is 9.25. The van der Waals surface area contributed by atoms with Crippen molar-refractivity contribution in [2.45, 2.75) is 25.7 Å². The van der Waals surface area contributed by atoms with E-state index in [4.69, 9.17) is 23.2 Å². The highest BCUT2D eigenvalue weighted by Crippen LogP contribution is 2.25. The minimum atomic E-state index is -1.05. The lowest BCUT2D eigenvalue weighted by Gasteiger charge is -2.09. The predicted molar refractivity (Wildman–Crippen MR) is 94.3 cm³/mol. The van der Waals surface area contributed by atoms with Gasteiger partial charge in [-0.1, -0.05) is 29.3 Å². The molecule has 24 heavy (non-hydrogen) atoms. The molecule has 0 saturated heterocycles. The van der Waals surface area contributed by atoms with Crippen molar-refractivity contribution < 1.29 is 9.90 Å². The second-order valence-corrected chi connectivity index (χ2v) is 5.93. The fourth-order valence-corrected chi connectivity index (χ4v) is 2.38. The van der Waals surface area contributed by atoms with Gasteiger partial charge in [0.05, 0.1) is 22.1 Å². The first-order valence-electron chi connectivity index (χ1n) is 7.45. The minimum Gasteiger partial charge on any atom is -0.550 e. The number of pyridine rings is 1. The number of halogens is 2. The molecule has 5 nitrogen and oxygen atoms in total. The number of hydrogen-bond donors (Lipinski definition) is 1. The topological polar surface area (TPSA) is 77.4 Å². The summed E-state index contributed by atoms with van der Waals surface area (Å²) in [6, 6.07) is 10.6. The number of nitrogens with one attached hydrogen (secondary N) is 1. The summed E-state index contributed by atoms with van der Waals surface area (Å²) in [7, 11) is 0. The second-order valence-electron chi connectivity index (χ2n) is 5.09. The molecule has 0 aliphatic rings. The van der Waals surface area contributed by atoms with E-state index in [1.54, 1.807) is 24.4 Å². The molecule has 0 aliphatic carbocycles. The molecule has 0 aliphatic heterocycles. The van der Waals surface area contributed by atoms with Crippen LogP contribution < -0.4 is 10.5 Å². The molecule has 0 spiro atoms. The standard InChI is InChI=1S/C17H17Cl2N3O2/c18-12-8-9-13(19)16(11-12)22-21-15(6-1-2-7-17(23)24)14-5-3-4-10-20-14/h3-5,8-11,22H,1-2,6-7H2,(H,23,24)/p-1. The molecule has 0 radical (unpaired) electrons. The zero-order valence-electron chi connectivity index (χ0n) is 12.8. The number of rotatable bonds is 8. The van der Waals surface area contributed by atoms with Crippen LogP contribution in [0.2, 0.25) is 10.0 Å². The van der Waals surface area contributed by atoms with Crippen molar-refractivity contribution in [2.24, 2.45) is 5.10 Å². The van der Waals surface area contributed by atoms with Crippen LogP contribution in [0.4, 0.5) is 5.69 Å². The first-order valence-corrected chi connectivity index (χ1v) is 8.20. The van der Waals surface area contributed by atoms with Crippen molar-refractivity contribution in [3.63, 3.8) is 0 Å². The van der Waals surface area contributed by atoms with Crippen LogP contribution in [-0.2, 0) is 4.79 Å². The van der Waals surface area contributed by atoms with Crippen LogP contribution in [0.1, 0.15) is 31.4 Å². The predicted octanol–water partition coefficient (Wildman–Crippen LogP) is 3.51. The summed E-state index contributed by atoms with van der Waals surface area (Å²) in [5.74, 6) is -1.05. The molecule has 2 aromatic rings. The molecule has 0 saturated carbocycles. The maximum absolute atomic E-state index is 10.5. The molecule has 1 N–H and O–H groups in total. The Labute approximate surface area is 150 Å². The van der Waals surface area contributed by atoms with E-state index in [9.17, 15) is 9.90 Å². The highest BCUT2D eigenvalue weighted by atomic mass is 35.5. The van der Waals surface area contributed by atoms with Gasteiger partial charge in [0.1, 0.15) is 0 Å². The van der Waals surface area contributed by atoms with E-state index < -0.39 is 5.97 Å². The molecule has 126 valence electrons. The fraction of sp³-hybridized carbons (Fsp3) is 0.235. The van der Waals surface area contributed by atoms with Gasteiger partial charge in [0.2, 0.25) is 0 Å². The monoisotopic (exact) mass is 364 g/mol. The number of aliphatic carboxylic acids is 1. The molecular formula is C17H16Cl2N3O2-. The number of hydrogen-bond acceptors (Lipinski definition) is 5. The third-order valence-corrected chi connectivity index (χ3v) is 3.81. The largest absolute Gasteiger partial charge is 0.550 e. The van der Waals surface area contributed by atoms with Gasteiger partial charge in [-0.25, -0.2) is 0 Å². The zero-order chi connectivity index (χ0) is 17.4. The van der Waals surface area contributed by atoms with Crippen molar-refractivity contribution in [1.82, 2.24) is 4.98 Å². The summed E-state index contributed by atoms with van der Waals surface area (Å²) in [6.45, 7) is 0. The van der Waals surface area contributed by atoms with Gasteiger partial charge in [-0.15, -0.1) is 0 Å². The fourth-order valence-electron chi connectivity index (χ4n) is 2.05. The number of aromatic nitrogens is 1. The van der Waals surface area contributed by atoms with Crippen LogP contribution in [0.25, 0.3) is 0 Å². The number of unbranched alkanes of at least 4 members (excludes halogenated alkanes) is 1. The van der Waals surface area contributed by atoms with Crippen LogP contribution in [0.5, 0.6) is 0 Å². The first-order chi connectivity index (χ1) is 11.6. The average molecular weight is 365 g/mol. The Morgan fingerprint density at radius 1 is 1.17 bits per heavy atom. The molecule has 1 aromatic carbocycles. The van der Waals surface area contributed by atoms with Crippen molar-refractivity contribution in [3.05, 3.63) is 58.3 Å². The van der Waals surface area contributed by atoms with E-state index in [1.807, 2.05) is 18.2 Å². The van der Waals surface area contributed by atoms with E-state index in [1.165, 1.54) is 0 Å². The number of anilines is 1. The number of carbonyl (C=O) groups excluding carboxylic acids is 1. The van der Waals surface area contributed by atoms with Gasteiger partial charge in [-0.2, -0.15) is 5.10 Å². The number of benzene rings is 1. The van der Waals surface area contributed by atoms with Gasteiger partial charge in [-0.05, 0) is 56.0 Å². The summed E-state index contributed by atoms with van der Waals surface area (Å²) in [5.41, 5.74) is 4.93. The molecule has 1 heterocycles. The molecule has 0 fully saturated rings. The van der Waals surface area contributed by atoms with Crippen LogP contribution >= 0.6 is 23.2 Å². The summed E-state index contributed by atoms with van der Waals surface area (Å²) >= 11 is 12.1. The Bertz CT molecular complexity index is 721. The van der Waals surface area contributed by atoms with Gasteiger partial charge >= 0.3 is 0 Å². The third kappa shape index (κ3) is 5.83. The molecular weight excluding hydrogens is 349 g/mol. The molecule has 7 heteroatoms. The Morgan fingerprint density at radius 3 is 2.67 bits per heavy atom. The number of hydrazone groups is 1. The zero-order valence-corrected chi connectivity index (χ0v) is 14.3. The summed E-state index contributed by atoms with van der Waals surface area (Å²) in [5, 5.41) is 15.9. The Balaban J connectivity index is 2.12. The van der Waals surface area contributed by atoms with Crippen molar-refractivity contribution >= 4 is 40.6 Å². The number of carboxylic acids is 1. The van der Waals surface area contributed by atoms with Gasteiger partial charge < -0.3 is 9.90 Å². The highest BCUT2D eigenvalue weighted by molar-refractivity contribution is 6.35. The molecule has 2 rings (SSSR count). The van der Waals surface area contributed by atoms with Crippen LogP contribution in [0.15, 0.2) is 47.7 Å². The SMILES string of the molecule is O=C([O-])CCCCC(=NNc1cc(Cl)ccc1Cl)c1ccccn1. The highest BCUT2D eigenvalue weighted by Gasteiger charge is 2.06. The van der Waals surface area contributed by atoms with Gasteiger partial charge in [0, 0.05) is 17.2 Å². The minimum absolute atomic E-state index is 0.0308. The summed E-state index contributed by atoms with van der Waals surface area (Å²) < 4.78 is 0. The lowest BCUT2D eigenvalue weighted by Crippen LogP contribution is -2.21. The van der Waals surface area contributed by atoms with Crippen LogP contribution in [-0.4, -0.2) is 16.7 Å². The number of carbonyl (C=O) groups is 1. The smallest absolute Gasteiger partial charge is 0.0863 e. The summed E-state index contributed by atoms with van der Waals surface area (Å²) in [6.07, 6.45) is 3.47. The molecule has 0 atom stereocenters. The number of carboxylic acid groups (broad SMARTS) is 1. The normalized spacial score (nSPS) is 11.3. The van der Waals surface area contributed by atoms with Gasteiger partial charge in [0.25, 0.3) is 0 Å². The first kappa shape index (κ1) is 18.2. The molecule has 0 bridgehead atoms.